The zero-order chi connectivity index (χ0) is 21.1. The molecule has 0 aliphatic rings. The van der Waals surface area contributed by atoms with Crippen LogP contribution in [-0.2, 0) is 0 Å². The predicted molar refractivity (Wildman–Crippen MR) is 109 cm³/mol. The Labute approximate surface area is 166 Å². The Morgan fingerprint density at radius 2 is 1.79 bits per heavy atom. The molecular formula is C20H22N4O5. The Balaban J connectivity index is 2.21. The zero-order valence-corrected chi connectivity index (χ0v) is 16.1. The smallest absolute Gasteiger partial charge is 0.337 e. The van der Waals surface area contributed by atoms with Crippen molar-refractivity contribution in [2.45, 2.75) is 20.3 Å². The molecule has 152 valence electrons. The van der Waals surface area contributed by atoms with Gasteiger partial charge in [0.25, 0.3) is 0 Å². The average Bonchev–Trinajstić information content (AvgIpc) is 2.70. The van der Waals surface area contributed by atoms with Crippen molar-refractivity contribution in [1.82, 2.24) is 15.3 Å². The third kappa shape index (κ3) is 3.77. The Morgan fingerprint density at radius 3 is 2.48 bits per heavy atom. The summed E-state index contributed by atoms with van der Waals surface area (Å²) in [5.41, 5.74) is 0.285. The van der Waals surface area contributed by atoms with Gasteiger partial charge in [0.05, 0.1) is 17.7 Å². The van der Waals surface area contributed by atoms with Crippen LogP contribution in [0.5, 0.6) is 17.2 Å². The van der Waals surface area contributed by atoms with Crippen molar-refractivity contribution < 1.29 is 25.2 Å². The molecule has 0 atom stereocenters. The summed E-state index contributed by atoms with van der Waals surface area (Å²) in [6.07, 6.45) is 2.45. The van der Waals surface area contributed by atoms with Gasteiger partial charge in [0.15, 0.2) is 0 Å². The van der Waals surface area contributed by atoms with Gasteiger partial charge in [-0.05, 0) is 32.0 Å². The first-order chi connectivity index (χ1) is 13.9. The van der Waals surface area contributed by atoms with Crippen molar-refractivity contribution in [2.24, 2.45) is 4.99 Å². The van der Waals surface area contributed by atoms with E-state index in [4.69, 9.17) is 0 Å². The first-order valence-corrected chi connectivity index (χ1v) is 9.18. The third-order valence-electron chi connectivity index (χ3n) is 4.54. The van der Waals surface area contributed by atoms with Crippen molar-refractivity contribution >= 4 is 34.3 Å². The molecule has 9 heteroatoms. The number of carboxylic acid groups (broad SMARTS) is 1. The van der Waals surface area contributed by atoms with E-state index in [1.54, 1.807) is 0 Å². The number of aromatic nitrogens is 2. The van der Waals surface area contributed by atoms with Crippen LogP contribution in [0.1, 0.15) is 34.8 Å². The van der Waals surface area contributed by atoms with E-state index in [2.05, 4.69) is 27.2 Å². The van der Waals surface area contributed by atoms with Crippen molar-refractivity contribution in [3.63, 3.8) is 0 Å². The monoisotopic (exact) mass is 398 g/mol. The number of fused-ring (bicyclic) bond motifs is 2. The van der Waals surface area contributed by atoms with E-state index >= 15 is 0 Å². The van der Waals surface area contributed by atoms with Crippen LogP contribution in [0, 0.1) is 6.92 Å². The largest absolute Gasteiger partial charge is 0.507 e. The Morgan fingerprint density at radius 1 is 1.07 bits per heavy atom. The summed E-state index contributed by atoms with van der Waals surface area (Å²) in [6, 6.07) is 2.43. The van der Waals surface area contributed by atoms with Gasteiger partial charge in [0, 0.05) is 18.3 Å². The number of aromatic hydroxyl groups is 3. The number of hydrogen-bond donors (Lipinski definition) is 5. The number of hydrogen-bond acceptors (Lipinski definition) is 8. The zero-order valence-electron chi connectivity index (χ0n) is 16.1. The summed E-state index contributed by atoms with van der Waals surface area (Å²) in [5.74, 6) is -2.01. The number of phenols is 3. The number of carboxylic acids is 1. The van der Waals surface area contributed by atoms with Crippen molar-refractivity contribution in [3.8, 4) is 17.2 Å². The van der Waals surface area contributed by atoms with Crippen LogP contribution in [0.15, 0.2) is 17.1 Å². The number of benzene rings is 2. The van der Waals surface area contributed by atoms with Crippen LogP contribution in [0.3, 0.4) is 0 Å². The van der Waals surface area contributed by atoms with E-state index in [0.29, 0.717) is 13.1 Å². The number of aromatic carboxylic acids is 1. The van der Waals surface area contributed by atoms with Crippen molar-refractivity contribution in [2.75, 3.05) is 19.6 Å². The van der Waals surface area contributed by atoms with Crippen LogP contribution < -0.4 is 5.32 Å². The molecule has 5 N–H and O–H groups in total. The Bertz CT molecular complexity index is 1130. The highest BCUT2D eigenvalue weighted by molar-refractivity contribution is 6.08. The fourth-order valence-corrected chi connectivity index (χ4v) is 2.97. The molecule has 3 aromatic rings. The van der Waals surface area contributed by atoms with E-state index in [1.807, 2.05) is 0 Å². The van der Waals surface area contributed by atoms with Gasteiger partial charge < -0.3 is 25.7 Å². The molecule has 0 radical (unpaired) electrons. The molecule has 29 heavy (non-hydrogen) atoms. The maximum absolute atomic E-state index is 11.5. The maximum Gasteiger partial charge on any atom is 0.337 e. The minimum absolute atomic E-state index is 0.0199. The minimum atomic E-state index is -1.24. The molecule has 0 aliphatic carbocycles. The summed E-state index contributed by atoms with van der Waals surface area (Å²) in [4.78, 5) is 24.4. The highest BCUT2D eigenvalue weighted by Crippen LogP contribution is 2.38. The molecule has 0 saturated carbocycles. The summed E-state index contributed by atoms with van der Waals surface area (Å²) in [7, 11) is 0. The second-order valence-corrected chi connectivity index (χ2v) is 6.58. The lowest BCUT2D eigenvalue weighted by atomic mass is 10.0. The normalized spacial score (nSPS) is 11.7. The van der Waals surface area contributed by atoms with Crippen LogP contribution in [0.4, 0.5) is 0 Å². The highest BCUT2D eigenvalue weighted by Gasteiger charge is 2.21. The maximum atomic E-state index is 11.5. The number of rotatable bonds is 7. The van der Waals surface area contributed by atoms with E-state index in [1.165, 1.54) is 25.3 Å². The van der Waals surface area contributed by atoms with E-state index in [0.717, 1.165) is 13.0 Å². The first-order valence-electron chi connectivity index (χ1n) is 9.18. The second kappa shape index (κ2) is 8.27. The van der Waals surface area contributed by atoms with Gasteiger partial charge in [-0.1, -0.05) is 6.92 Å². The van der Waals surface area contributed by atoms with Crippen molar-refractivity contribution in [3.05, 3.63) is 28.8 Å². The van der Waals surface area contributed by atoms with E-state index < -0.39 is 5.97 Å². The molecule has 0 saturated heterocycles. The predicted octanol–water partition coefficient (Wildman–Crippen LogP) is 2.32. The summed E-state index contributed by atoms with van der Waals surface area (Å²) in [6.45, 7) is 5.59. The molecule has 0 amide bonds. The Kier molecular flexibility index (Phi) is 5.79. The fourth-order valence-electron chi connectivity index (χ4n) is 2.97. The number of nitrogens with zero attached hydrogens (tertiary/aromatic N) is 3. The van der Waals surface area contributed by atoms with Crippen LogP contribution >= 0.6 is 0 Å². The second-order valence-electron chi connectivity index (χ2n) is 6.58. The molecular weight excluding hydrogens is 376 g/mol. The number of nitrogens with one attached hydrogen (secondary N) is 1. The third-order valence-corrected chi connectivity index (χ3v) is 4.54. The summed E-state index contributed by atoms with van der Waals surface area (Å²) < 4.78 is 0. The molecule has 9 nitrogen and oxygen atoms in total. The molecule has 0 unspecified atom stereocenters. The molecule has 3 rings (SSSR count). The molecule has 0 bridgehead atoms. The molecule has 2 aromatic carbocycles. The fraction of sp³-hybridized carbons (Fsp3) is 0.300. The molecule has 1 heterocycles. The molecule has 1 aromatic heterocycles. The Hall–Kier alpha value is -3.46. The molecule has 0 aliphatic heterocycles. The van der Waals surface area contributed by atoms with Gasteiger partial charge in [-0.3, -0.25) is 4.99 Å². The van der Waals surface area contributed by atoms with Crippen LogP contribution in [-0.4, -0.2) is 62.2 Å². The average molecular weight is 398 g/mol. The standard InChI is InChI=1S/C20H22N4O5/c1-3-6-21-7-8-22-9-12-15-17(19(27)10(2)18(12)26)24-14-11(20(28)29)4-5-13(25)16(14)23-15/h4-5,9,21,25-27H,3,6-8H2,1-2H3,(H,28,29). The number of carbonyl (C=O) groups is 1. The number of phenolic OH excluding ortho intramolecular Hbond substituents is 3. The summed E-state index contributed by atoms with van der Waals surface area (Å²) in [5, 5.41) is 43.7. The van der Waals surface area contributed by atoms with Gasteiger partial charge in [-0.15, -0.1) is 0 Å². The molecule has 0 fully saturated rings. The lowest BCUT2D eigenvalue weighted by Crippen LogP contribution is -2.18. The van der Waals surface area contributed by atoms with Gasteiger partial charge in [0.1, 0.15) is 39.3 Å². The topological polar surface area (TPSA) is 148 Å². The van der Waals surface area contributed by atoms with Gasteiger partial charge >= 0.3 is 5.97 Å². The van der Waals surface area contributed by atoms with Gasteiger partial charge in [-0.2, -0.15) is 0 Å². The first kappa shape index (κ1) is 20.3. The lowest BCUT2D eigenvalue weighted by Gasteiger charge is -2.12. The minimum Gasteiger partial charge on any atom is -0.507 e. The SMILES string of the molecule is CCCNCCN=Cc1c(O)c(C)c(O)c2nc3c(C(=O)O)ccc(O)c3nc12. The van der Waals surface area contributed by atoms with E-state index in [-0.39, 0.29) is 56.0 Å². The van der Waals surface area contributed by atoms with Crippen molar-refractivity contribution in [1.29, 1.82) is 0 Å². The van der Waals surface area contributed by atoms with Gasteiger partial charge in [-0.25, -0.2) is 14.8 Å². The van der Waals surface area contributed by atoms with Gasteiger partial charge in [0.2, 0.25) is 0 Å². The number of aliphatic imine (C=N–C) groups is 1. The highest BCUT2D eigenvalue weighted by atomic mass is 16.4. The van der Waals surface area contributed by atoms with E-state index in [9.17, 15) is 25.2 Å². The molecule has 0 spiro atoms. The quantitative estimate of drug-likeness (QED) is 0.231. The van der Waals surface area contributed by atoms with Crippen LogP contribution in [0.2, 0.25) is 0 Å². The summed E-state index contributed by atoms with van der Waals surface area (Å²) >= 11 is 0. The lowest BCUT2D eigenvalue weighted by molar-refractivity contribution is 0.0699. The van der Waals surface area contributed by atoms with Crippen LogP contribution in [0.25, 0.3) is 22.1 Å².